The molecule has 1 saturated heterocycles. The highest BCUT2D eigenvalue weighted by Gasteiger charge is 2.48. The number of carbonyl (C=O) groups excluding carboxylic acids is 1. The Kier molecular flexibility index (Phi) is 65.0. The molecule has 85 heavy (non-hydrogen) atoms. The number of nitrogens with zero attached hydrogens (tertiary/aromatic N) is 2. The minimum Gasteiger partial charge on any atom is -0.460 e. The topological polar surface area (TPSA) is 254 Å². The van der Waals surface area contributed by atoms with Gasteiger partial charge in [-0.2, -0.15) is 0 Å². The van der Waals surface area contributed by atoms with Gasteiger partial charge in [-0.3, -0.25) is 9.80 Å². The minimum absolute atomic E-state index is 0.163. The molecule has 28 nitrogen and oxygen atoms in total. The number of rotatable bonds is 73. The Morgan fingerprint density at radius 2 is 0.518 bits per heavy atom. The summed E-state index contributed by atoms with van der Waals surface area (Å²) < 4.78 is 142. The van der Waals surface area contributed by atoms with Crippen LogP contribution in [-0.4, -0.2) is 360 Å². The van der Waals surface area contributed by atoms with Crippen molar-refractivity contribution in [3.05, 3.63) is 12.7 Å². The quantitative estimate of drug-likeness (QED) is 0.0468. The van der Waals surface area contributed by atoms with Gasteiger partial charge in [0, 0.05) is 60.8 Å². The summed E-state index contributed by atoms with van der Waals surface area (Å²) in [7, 11) is 6.56. The maximum atomic E-state index is 11.1. The second kappa shape index (κ2) is 68.1. The van der Waals surface area contributed by atoms with Crippen molar-refractivity contribution in [2.45, 2.75) is 31.5 Å². The summed E-state index contributed by atoms with van der Waals surface area (Å²) in [4.78, 5) is 15.6. The minimum atomic E-state index is -0.522. The number of methoxy groups -OCH3 is 4. The average Bonchev–Trinajstić information content (AvgIpc) is 3.97. The maximum Gasteiger partial charge on any atom is 0.330 e. The molecule has 1 rings (SSSR count). The summed E-state index contributed by atoms with van der Waals surface area (Å²) in [5, 5.41) is 0. The van der Waals surface area contributed by atoms with Crippen molar-refractivity contribution in [1.82, 2.24) is 9.80 Å². The van der Waals surface area contributed by atoms with E-state index in [0.29, 0.717) is 297 Å². The molecule has 0 spiro atoms. The summed E-state index contributed by atoms with van der Waals surface area (Å²) >= 11 is 0. The van der Waals surface area contributed by atoms with Gasteiger partial charge < -0.3 is 118 Å². The van der Waals surface area contributed by atoms with E-state index in [1.807, 2.05) is 0 Å². The summed E-state index contributed by atoms with van der Waals surface area (Å²) in [6, 6.07) is 0. The Balaban J connectivity index is 3.04. The molecule has 3 atom stereocenters. The highest BCUT2D eigenvalue weighted by atomic mass is 16.6. The van der Waals surface area contributed by atoms with Crippen LogP contribution in [0, 0.1) is 0 Å². The van der Waals surface area contributed by atoms with Gasteiger partial charge in [-0.25, -0.2) is 4.79 Å². The van der Waals surface area contributed by atoms with Crippen molar-refractivity contribution in [1.29, 1.82) is 0 Å². The van der Waals surface area contributed by atoms with Crippen molar-refractivity contribution in [3.8, 4) is 0 Å². The van der Waals surface area contributed by atoms with Gasteiger partial charge in [0.15, 0.2) is 12.5 Å². The number of ether oxygens (including phenoxy) is 25. The second-order valence-corrected chi connectivity index (χ2v) is 18.0. The maximum absolute atomic E-state index is 11.1. The van der Waals surface area contributed by atoms with Crippen molar-refractivity contribution in [3.63, 3.8) is 0 Å². The van der Waals surface area contributed by atoms with Crippen LogP contribution in [-0.2, 0) is 123 Å². The van der Waals surface area contributed by atoms with Crippen LogP contribution in [0.1, 0.15) is 12.8 Å². The van der Waals surface area contributed by atoms with Crippen LogP contribution in [0.2, 0.25) is 0 Å². The number of carbonyl (C=O) groups is 1. The smallest absolute Gasteiger partial charge is 0.330 e. The van der Waals surface area contributed by atoms with Gasteiger partial charge in [0.1, 0.15) is 6.61 Å². The largest absolute Gasteiger partial charge is 0.460 e. The van der Waals surface area contributed by atoms with Crippen molar-refractivity contribution in [2.75, 3.05) is 326 Å². The fourth-order valence-corrected chi connectivity index (χ4v) is 7.31. The highest BCUT2D eigenvalue weighted by molar-refractivity contribution is 5.81. The third-order valence-electron chi connectivity index (χ3n) is 11.6. The first kappa shape index (κ1) is 81.2. The first-order valence-corrected chi connectivity index (χ1v) is 30.0. The van der Waals surface area contributed by atoms with E-state index in [-0.39, 0.29) is 19.4 Å². The Morgan fingerprint density at radius 3 is 0.776 bits per heavy atom. The fraction of sp³-hybridized carbons (Fsp3) is 0.947. The molecule has 0 aromatic heterocycles. The fourth-order valence-electron chi connectivity index (χ4n) is 7.31. The zero-order valence-electron chi connectivity index (χ0n) is 52.3. The summed E-state index contributed by atoms with van der Waals surface area (Å²) in [5.74, 6) is -0.480. The van der Waals surface area contributed by atoms with Gasteiger partial charge in [-0.15, -0.1) is 0 Å². The lowest BCUT2D eigenvalue weighted by Crippen LogP contribution is -2.47. The molecule has 0 bridgehead atoms. The van der Waals surface area contributed by atoms with E-state index in [1.165, 1.54) is 0 Å². The standard InChI is InChI=1S/C57H112N2O26/c1-6-55(60)83-52-51-81-48-47-79-44-43-78-42-41-76-32-28-68-16-10-59-54(53-82-50-49-80-46-45-77-40-36-72-24-20-64-5)58(9-15-67-27-31-75-39-35-71-23-19-63-4)56(84-13-7-11-65-25-29-73-37-33-69-21-17-61-2)57(59)85-14-8-12-66-26-30-74-38-34-70-22-18-62-3/h6,54,56-57H,1,7-53H2,2-5H3. The summed E-state index contributed by atoms with van der Waals surface area (Å²) in [5.41, 5.74) is 0. The average molecular weight is 1240 g/mol. The molecular formula is C57H112N2O26. The predicted molar refractivity (Wildman–Crippen MR) is 309 cm³/mol. The van der Waals surface area contributed by atoms with Crippen molar-refractivity contribution >= 4 is 5.97 Å². The van der Waals surface area contributed by atoms with Crippen LogP contribution >= 0.6 is 0 Å². The van der Waals surface area contributed by atoms with Crippen LogP contribution in [0.4, 0.5) is 0 Å². The predicted octanol–water partition coefficient (Wildman–Crippen LogP) is 1.01. The molecule has 0 aliphatic carbocycles. The molecule has 1 heterocycles. The first-order valence-electron chi connectivity index (χ1n) is 30.0. The van der Waals surface area contributed by atoms with E-state index in [9.17, 15) is 4.79 Å². The molecule has 1 aliphatic rings. The van der Waals surface area contributed by atoms with Crippen LogP contribution < -0.4 is 0 Å². The van der Waals surface area contributed by atoms with Gasteiger partial charge in [0.05, 0.1) is 270 Å². The van der Waals surface area contributed by atoms with Crippen LogP contribution in [0.5, 0.6) is 0 Å². The molecule has 506 valence electrons. The van der Waals surface area contributed by atoms with Gasteiger partial charge in [0.25, 0.3) is 0 Å². The SMILES string of the molecule is C=CC(=O)OCCOCCOCCOCCOCCOCCN1C(OCCCOCCOCCOCCOC)C(OCCCOCCOCCOCCOC)N(CCOCCOCCOCCOC)C1COCCOCCOCCOCCOC. The third kappa shape index (κ3) is 53.7. The lowest BCUT2D eigenvalue weighted by atomic mass is 10.4. The molecule has 0 radical (unpaired) electrons. The molecule has 1 aliphatic heterocycles. The highest BCUT2D eigenvalue weighted by Crippen LogP contribution is 2.29. The molecule has 0 aromatic rings. The first-order chi connectivity index (χ1) is 42.1. The molecule has 1 fully saturated rings. The van der Waals surface area contributed by atoms with E-state index in [0.717, 1.165) is 6.08 Å². The molecular weight excluding hydrogens is 1130 g/mol. The van der Waals surface area contributed by atoms with E-state index in [4.69, 9.17) is 118 Å². The van der Waals surface area contributed by atoms with Crippen molar-refractivity contribution in [2.24, 2.45) is 0 Å². The second-order valence-electron chi connectivity index (χ2n) is 18.0. The lowest BCUT2D eigenvalue weighted by molar-refractivity contribution is -0.143. The molecule has 3 unspecified atom stereocenters. The van der Waals surface area contributed by atoms with Crippen molar-refractivity contribution < 1.29 is 123 Å². The zero-order valence-corrected chi connectivity index (χ0v) is 52.3. The van der Waals surface area contributed by atoms with Crippen LogP contribution in [0.3, 0.4) is 0 Å². The lowest BCUT2D eigenvalue weighted by Gasteiger charge is -2.31. The Labute approximate surface area is 507 Å². The van der Waals surface area contributed by atoms with Gasteiger partial charge in [0.2, 0.25) is 0 Å². The Hall–Kier alpha value is -1.83. The van der Waals surface area contributed by atoms with Crippen LogP contribution in [0.25, 0.3) is 0 Å². The summed E-state index contributed by atoms with van der Waals surface area (Å²) in [6.45, 7) is 23.0. The Bertz CT molecular complexity index is 1350. The van der Waals surface area contributed by atoms with E-state index in [2.05, 4.69) is 16.4 Å². The van der Waals surface area contributed by atoms with Gasteiger partial charge in [-0.1, -0.05) is 6.58 Å². The third-order valence-corrected chi connectivity index (χ3v) is 11.6. The molecule has 0 amide bonds. The van der Waals surface area contributed by atoms with Gasteiger partial charge in [-0.05, 0) is 12.8 Å². The number of hydrogen-bond acceptors (Lipinski definition) is 28. The normalized spacial score (nSPS) is 15.7. The van der Waals surface area contributed by atoms with E-state index < -0.39 is 18.4 Å². The zero-order chi connectivity index (χ0) is 61.1. The Morgan fingerprint density at radius 1 is 0.294 bits per heavy atom. The number of esters is 1. The number of hydrogen-bond donors (Lipinski definition) is 0. The summed E-state index contributed by atoms with van der Waals surface area (Å²) in [6.07, 6.45) is 1.03. The monoisotopic (exact) mass is 1240 g/mol. The molecule has 0 N–H and O–H groups in total. The van der Waals surface area contributed by atoms with E-state index in [1.54, 1.807) is 28.4 Å². The molecule has 0 aromatic carbocycles. The van der Waals surface area contributed by atoms with Crippen LogP contribution in [0.15, 0.2) is 12.7 Å². The van der Waals surface area contributed by atoms with E-state index >= 15 is 0 Å². The van der Waals surface area contributed by atoms with Gasteiger partial charge >= 0.3 is 5.97 Å². The molecule has 28 heteroatoms. The molecule has 0 saturated carbocycles.